The Hall–Kier alpha value is -2.77. The normalized spacial score (nSPS) is 15.6. The van der Waals surface area contributed by atoms with E-state index in [1.165, 1.54) is 6.92 Å². The van der Waals surface area contributed by atoms with Crippen molar-refractivity contribution in [1.82, 2.24) is 4.90 Å². The summed E-state index contributed by atoms with van der Waals surface area (Å²) >= 11 is 0. The van der Waals surface area contributed by atoms with Gasteiger partial charge in [0.2, 0.25) is 5.91 Å². The first-order valence-corrected chi connectivity index (χ1v) is 9.84. The van der Waals surface area contributed by atoms with Crippen molar-refractivity contribution in [3.63, 3.8) is 0 Å². The molecule has 7 heteroatoms. The Morgan fingerprint density at radius 1 is 1.07 bits per heavy atom. The van der Waals surface area contributed by atoms with Crippen LogP contribution in [0.15, 0.2) is 48.5 Å². The summed E-state index contributed by atoms with van der Waals surface area (Å²) in [7, 11) is 1.69. The minimum Gasteiger partial charge on any atom is -0.495 e. The van der Waals surface area contributed by atoms with E-state index >= 15 is 0 Å². The lowest BCUT2D eigenvalue weighted by molar-refractivity contribution is -0.114. The molecule has 1 atom stereocenters. The second kappa shape index (κ2) is 10.1. The Labute approximate surface area is 171 Å². The molecule has 1 fully saturated rings. The van der Waals surface area contributed by atoms with E-state index in [1.54, 1.807) is 19.2 Å². The molecule has 7 nitrogen and oxygen atoms in total. The summed E-state index contributed by atoms with van der Waals surface area (Å²) in [5.41, 5.74) is 1.71. The van der Waals surface area contributed by atoms with Gasteiger partial charge in [0, 0.05) is 39.6 Å². The molecule has 1 saturated heterocycles. The highest BCUT2D eigenvalue weighted by Crippen LogP contribution is 2.28. The number of benzene rings is 2. The highest BCUT2D eigenvalue weighted by Gasteiger charge is 2.21. The number of para-hydroxylation sites is 4. The molecule has 2 aromatic rings. The molecule has 1 aliphatic rings. The van der Waals surface area contributed by atoms with Crippen molar-refractivity contribution in [3.05, 3.63) is 48.5 Å². The summed E-state index contributed by atoms with van der Waals surface area (Å²) in [5, 5.41) is 13.1. The number of carbonyl (C=O) groups excluding carboxylic acids is 1. The van der Waals surface area contributed by atoms with E-state index in [0.717, 1.165) is 37.6 Å². The Bertz CT molecular complexity index is 806. The Morgan fingerprint density at radius 3 is 2.41 bits per heavy atom. The van der Waals surface area contributed by atoms with Crippen molar-refractivity contribution in [2.45, 2.75) is 13.0 Å². The zero-order valence-electron chi connectivity index (χ0n) is 17.0. The van der Waals surface area contributed by atoms with E-state index in [2.05, 4.69) is 21.2 Å². The molecule has 2 aromatic carbocycles. The number of carbonyl (C=O) groups is 1. The van der Waals surface area contributed by atoms with E-state index in [1.807, 2.05) is 30.3 Å². The molecule has 156 valence electrons. The highest BCUT2D eigenvalue weighted by molar-refractivity contribution is 5.90. The lowest BCUT2D eigenvalue weighted by Gasteiger charge is -2.37. The van der Waals surface area contributed by atoms with E-state index in [9.17, 15) is 9.90 Å². The summed E-state index contributed by atoms with van der Waals surface area (Å²) in [4.78, 5) is 15.8. The van der Waals surface area contributed by atoms with E-state index in [-0.39, 0.29) is 12.5 Å². The number of rotatable bonds is 8. The average molecular weight is 399 g/mol. The van der Waals surface area contributed by atoms with Gasteiger partial charge in [-0.05, 0) is 24.3 Å². The molecule has 0 saturated carbocycles. The molecule has 0 spiro atoms. The number of piperazine rings is 1. The quantitative estimate of drug-likeness (QED) is 0.709. The molecule has 0 bridgehead atoms. The molecule has 1 heterocycles. The third kappa shape index (κ3) is 5.85. The molecule has 0 aliphatic carbocycles. The smallest absolute Gasteiger partial charge is 0.221 e. The van der Waals surface area contributed by atoms with Crippen molar-refractivity contribution < 1.29 is 19.4 Å². The summed E-state index contributed by atoms with van der Waals surface area (Å²) in [5.74, 6) is 1.28. The summed E-state index contributed by atoms with van der Waals surface area (Å²) in [6.07, 6.45) is -0.613. The fourth-order valence-corrected chi connectivity index (χ4v) is 3.48. The topological polar surface area (TPSA) is 74.3 Å². The number of aliphatic hydroxyl groups is 1. The van der Waals surface area contributed by atoms with Gasteiger partial charge in [-0.2, -0.15) is 0 Å². The maximum absolute atomic E-state index is 11.3. The second-order valence-corrected chi connectivity index (χ2v) is 7.10. The lowest BCUT2D eigenvalue weighted by atomic mass is 10.2. The zero-order chi connectivity index (χ0) is 20.6. The molecule has 2 N–H and O–H groups in total. The van der Waals surface area contributed by atoms with Gasteiger partial charge in [-0.1, -0.05) is 24.3 Å². The van der Waals surface area contributed by atoms with Crippen LogP contribution in [0.4, 0.5) is 11.4 Å². The van der Waals surface area contributed by atoms with Gasteiger partial charge >= 0.3 is 0 Å². The molecule has 29 heavy (non-hydrogen) atoms. The monoisotopic (exact) mass is 399 g/mol. The third-order valence-corrected chi connectivity index (χ3v) is 4.90. The molecule has 0 radical (unpaired) electrons. The summed E-state index contributed by atoms with van der Waals surface area (Å²) < 4.78 is 11.2. The molecule has 1 aliphatic heterocycles. The molecule has 3 rings (SSSR count). The highest BCUT2D eigenvalue weighted by atomic mass is 16.5. The molecule has 1 amide bonds. The Kier molecular flexibility index (Phi) is 7.32. The van der Waals surface area contributed by atoms with Gasteiger partial charge in [0.1, 0.15) is 24.2 Å². The van der Waals surface area contributed by atoms with Crippen LogP contribution in [-0.2, 0) is 4.79 Å². The van der Waals surface area contributed by atoms with E-state index in [0.29, 0.717) is 18.0 Å². The van der Waals surface area contributed by atoms with Crippen LogP contribution < -0.4 is 19.7 Å². The first-order chi connectivity index (χ1) is 14.1. The molecule has 0 aromatic heterocycles. The van der Waals surface area contributed by atoms with Crippen molar-refractivity contribution in [2.24, 2.45) is 0 Å². The maximum Gasteiger partial charge on any atom is 0.221 e. The van der Waals surface area contributed by atoms with Crippen molar-refractivity contribution in [3.8, 4) is 11.5 Å². The zero-order valence-corrected chi connectivity index (χ0v) is 17.0. The van der Waals surface area contributed by atoms with Crippen LogP contribution in [-0.4, -0.2) is 68.5 Å². The van der Waals surface area contributed by atoms with Gasteiger partial charge in [0.15, 0.2) is 0 Å². The second-order valence-electron chi connectivity index (χ2n) is 7.10. The number of aliphatic hydroxyl groups excluding tert-OH is 1. The van der Waals surface area contributed by atoms with E-state index < -0.39 is 6.10 Å². The average Bonchev–Trinajstić information content (AvgIpc) is 2.73. The van der Waals surface area contributed by atoms with Crippen molar-refractivity contribution >= 4 is 17.3 Å². The minimum absolute atomic E-state index is 0.158. The number of nitrogens with one attached hydrogen (secondary N) is 1. The number of ether oxygens (including phenoxy) is 2. The van der Waals surface area contributed by atoms with Gasteiger partial charge in [0.25, 0.3) is 0 Å². The predicted molar refractivity (Wildman–Crippen MR) is 114 cm³/mol. The van der Waals surface area contributed by atoms with Gasteiger partial charge < -0.3 is 24.8 Å². The molecular formula is C22H29N3O4. The first-order valence-electron chi connectivity index (χ1n) is 9.84. The standard InChI is InChI=1S/C22H29N3O4/c1-17(26)23-19-7-3-5-9-21(19)29-16-18(27)15-24-11-13-25(14-12-24)20-8-4-6-10-22(20)28-2/h3-10,18,27H,11-16H2,1-2H3,(H,23,26). The largest absolute Gasteiger partial charge is 0.495 e. The fourth-order valence-electron chi connectivity index (χ4n) is 3.48. The number of anilines is 2. The number of hydrogen-bond acceptors (Lipinski definition) is 6. The van der Waals surface area contributed by atoms with Crippen LogP contribution in [0.2, 0.25) is 0 Å². The third-order valence-electron chi connectivity index (χ3n) is 4.90. The predicted octanol–water partition coefficient (Wildman–Crippen LogP) is 2.22. The summed E-state index contributed by atoms with van der Waals surface area (Å²) in [6.45, 7) is 5.63. The van der Waals surface area contributed by atoms with Crippen LogP contribution in [0, 0.1) is 0 Å². The Balaban J connectivity index is 1.47. The number of hydrogen-bond donors (Lipinski definition) is 2. The summed E-state index contributed by atoms with van der Waals surface area (Å²) in [6, 6.07) is 15.3. The van der Waals surface area contributed by atoms with Gasteiger partial charge in [-0.25, -0.2) is 0 Å². The molecule has 1 unspecified atom stereocenters. The lowest BCUT2D eigenvalue weighted by Crippen LogP contribution is -2.49. The fraction of sp³-hybridized carbons (Fsp3) is 0.409. The van der Waals surface area contributed by atoms with Crippen LogP contribution >= 0.6 is 0 Å². The SMILES string of the molecule is COc1ccccc1N1CCN(CC(O)COc2ccccc2NC(C)=O)CC1. The first kappa shape index (κ1) is 21.0. The van der Waals surface area contributed by atoms with Crippen molar-refractivity contribution in [1.29, 1.82) is 0 Å². The number of β-amino-alcohol motifs (C(OH)–C–C–N with tert-alkyl or cyclic N) is 1. The maximum atomic E-state index is 11.3. The van der Waals surface area contributed by atoms with Crippen LogP contribution in [0.3, 0.4) is 0 Å². The Morgan fingerprint density at radius 2 is 1.72 bits per heavy atom. The van der Waals surface area contributed by atoms with Crippen LogP contribution in [0.1, 0.15) is 6.92 Å². The number of amides is 1. The van der Waals surface area contributed by atoms with Gasteiger partial charge in [-0.3, -0.25) is 9.69 Å². The van der Waals surface area contributed by atoms with Crippen LogP contribution in [0.5, 0.6) is 11.5 Å². The van der Waals surface area contributed by atoms with E-state index in [4.69, 9.17) is 9.47 Å². The molecular weight excluding hydrogens is 370 g/mol. The van der Waals surface area contributed by atoms with Gasteiger partial charge in [0.05, 0.1) is 18.5 Å². The number of nitrogens with zero attached hydrogens (tertiary/aromatic N) is 2. The van der Waals surface area contributed by atoms with Gasteiger partial charge in [-0.15, -0.1) is 0 Å². The van der Waals surface area contributed by atoms with Crippen molar-refractivity contribution in [2.75, 3.05) is 56.7 Å². The van der Waals surface area contributed by atoms with Crippen LogP contribution in [0.25, 0.3) is 0 Å². The number of methoxy groups -OCH3 is 1. The minimum atomic E-state index is -0.613.